The normalized spacial score (nSPS) is 20.6. The van der Waals surface area contributed by atoms with E-state index in [1.807, 2.05) is 12.1 Å². The first kappa shape index (κ1) is 20.0. The van der Waals surface area contributed by atoms with Crippen LogP contribution in [0.3, 0.4) is 0 Å². The fourth-order valence-corrected chi connectivity index (χ4v) is 4.94. The highest BCUT2D eigenvalue weighted by Crippen LogP contribution is 2.27. The number of hydrogen-bond donors (Lipinski definition) is 0. The quantitative estimate of drug-likeness (QED) is 0.753. The van der Waals surface area contributed by atoms with E-state index in [2.05, 4.69) is 37.9 Å². The maximum absolute atomic E-state index is 12.9. The average Bonchev–Trinajstić information content (AvgIpc) is 2.73. The second-order valence-corrected chi connectivity index (χ2v) is 9.24. The molecule has 0 N–H and O–H groups in total. The van der Waals surface area contributed by atoms with Crippen LogP contribution in [0.15, 0.2) is 36.5 Å². The molecule has 158 valence electrons. The first-order valence-corrected chi connectivity index (χ1v) is 11.5. The van der Waals surface area contributed by atoms with Gasteiger partial charge in [0.2, 0.25) is 5.91 Å². The molecule has 2 aliphatic heterocycles. The maximum atomic E-state index is 12.9. The highest BCUT2D eigenvalue weighted by Gasteiger charge is 2.30. The second kappa shape index (κ2) is 8.66. The van der Waals surface area contributed by atoms with Crippen molar-refractivity contribution in [2.75, 3.05) is 39.3 Å². The van der Waals surface area contributed by atoms with Gasteiger partial charge in [-0.05, 0) is 48.6 Å². The van der Waals surface area contributed by atoms with E-state index < -0.39 is 0 Å². The van der Waals surface area contributed by atoms with Gasteiger partial charge in [-0.15, -0.1) is 0 Å². The molecule has 1 aromatic carbocycles. The third kappa shape index (κ3) is 4.25. The molecule has 1 saturated carbocycles. The fourth-order valence-electron chi connectivity index (χ4n) is 4.83. The van der Waals surface area contributed by atoms with E-state index in [4.69, 9.17) is 11.6 Å². The van der Waals surface area contributed by atoms with Crippen molar-refractivity contribution >= 4 is 17.5 Å². The molecular formula is C24H29ClN4O. The predicted molar refractivity (Wildman–Crippen MR) is 119 cm³/mol. The Kier molecular flexibility index (Phi) is 5.77. The van der Waals surface area contributed by atoms with Crippen LogP contribution in [-0.2, 0) is 17.8 Å². The lowest BCUT2D eigenvalue weighted by Gasteiger charge is -2.43. The molecule has 0 bridgehead atoms. The summed E-state index contributed by atoms with van der Waals surface area (Å²) in [6.45, 7) is 6.16. The summed E-state index contributed by atoms with van der Waals surface area (Å²) in [4.78, 5) is 24.2. The number of carbonyl (C=O) groups is 1. The van der Waals surface area contributed by atoms with E-state index in [-0.39, 0.29) is 5.91 Å². The topological polar surface area (TPSA) is 39.7 Å². The minimum Gasteiger partial charge on any atom is -0.339 e. The van der Waals surface area contributed by atoms with Crippen LogP contribution in [0.5, 0.6) is 0 Å². The van der Waals surface area contributed by atoms with Crippen LogP contribution >= 0.6 is 11.6 Å². The lowest BCUT2D eigenvalue weighted by atomic mass is 9.91. The summed E-state index contributed by atoms with van der Waals surface area (Å²) >= 11 is 5.96. The maximum Gasteiger partial charge on any atom is 0.236 e. The van der Waals surface area contributed by atoms with E-state index in [1.54, 1.807) is 6.20 Å². The Morgan fingerprint density at radius 3 is 2.57 bits per heavy atom. The van der Waals surface area contributed by atoms with Crippen LogP contribution < -0.4 is 0 Å². The summed E-state index contributed by atoms with van der Waals surface area (Å²) in [5, 5.41) is 0.654. The molecule has 30 heavy (non-hydrogen) atoms. The minimum atomic E-state index is 0.286. The number of rotatable bonds is 4. The zero-order valence-corrected chi connectivity index (χ0v) is 18.2. The van der Waals surface area contributed by atoms with Gasteiger partial charge >= 0.3 is 0 Å². The average molecular weight is 425 g/mol. The van der Waals surface area contributed by atoms with Crippen LogP contribution in [0.25, 0.3) is 11.3 Å². The molecular weight excluding hydrogens is 396 g/mol. The first-order valence-electron chi connectivity index (χ1n) is 11.1. The van der Waals surface area contributed by atoms with Gasteiger partial charge in [0.25, 0.3) is 0 Å². The Labute approximate surface area is 183 Å². The third-order valence-corrected chi connectivity index (χ3v) is 7.16. The van der Waals surface area contributed by atoms with Gasteiger partial charge in [-0.25, -0.2) is 0 Å². The van der Waals surface area contributed by atoms with E-state index in [1.165, 1.54) is 30.4 Å². The van der Waals surface area contributed by atoms with Crippen molar-refractivity contribution in [1.82, 2.24) is 19.7 Å². The molecule has 0 atom stereocenters. The minimum absolute atomic E-state index is 0.286. The van der Waals surface area contributed by atoms with Gasteiger partial charge in [-0.1, -0.05) is 30.2 Å². The number of halogens is 1. The van der Waals surface area contributed by atoms with Crippen molar-refractivity contribution in [3.8, 4) is 11.3 Å². The summed E-state index contributed by atoms with van der Waals surface area (Å²) < 4.78 is 0. The molecule has 3 heterocycles. The van der Waals surface area contributed by atoms with Gasteiger partial charge in [0.05, 0.1) is 17.3 Å². The zero-order chi connectivity index (χ0) is 20.5. The molecule has 2 fully saturated rings. The highest BCUT2D eigenvalue weighted by atomic mass is 35.5. The third-order valence-electron chi connectivity index (χ3n) is 6.94. The first-order chi connectivity index (χ1) is 14.7. The molecule has 0 spiro atoms. The number of nitrogens with zero attached hydrogens (tertiary/aromatic N) is 4. The monoisotopic (exact) mass is 424 g/mol. The molecule has 5 nitrogen and oxygen atoms in total. The van der Waals surface area contributed by atoms with Crippen LogP contribution in [0.4, 0.5) is 0 Å². The van der Waals surface area contributed by atoms with Crippen LogP contribution in [0.2, 0.25) is 5.02 Å². The summed E-state index contributed by atoms with van der Waals surface area (Å²) in [7, 11) is 0. The highest BCUT2D eigenvalue weighted by molar-refractivity contribution is 6.30. The van der Waals surface area contributed by atoms with Crippen molar-refractivity contribution < 1.29 is 4.79 Å². The Balaban J connectivity index is 1.17. The summed E-state index contributed by atoms with van der Waals surface area (Å²) in [6, 6.07) is 11.2. The number of amides is 1. The van der Waals surface area contributed by atoms with E-state index in [9.17, 15) is 4.79 Å². The predicted octanol–water partition coefficient (Wildman–Crippen LogP) is 3.46. The molecule has 0 radical (unpaired) electrons. The number of aromatic nitrogens is 1. The standard InChI is InChI=1S/C24H29ClN4O/c25-21-6-7-23(26-15-21)19-4-5-20-16-27(9-8-18(20)14-19)17-24(30)29-12-10-28(11-13-29)22-2-1-3-22/h4-7,14-15,22H,1-3,8-13,16-17H2. The summed E-state index contributed by atoms with van der Waals surface area (Å²) in [6.07, 6.45) is 6.72. The smallest absolute Gasteiger partial charge is 0.236 e. The Morgan fingerprint density at radius 1 is 1.03 bits per heavy atom. The van der Waals surface area contributed by atoms with E-state index >= 15 is 0 Å². The van der Waals surface area contributed by atoms with Gasteiger partial charge in [0, 0.05) is 57.1 Å². The SMILES string of the molecule is O=C(CN1CCc2cc(-c3ccc(Cl)cn3)ccc2C1)N1CCN(C2CCC2)CC1. The van der Waals surface area contributed by atoms with E-state index in [0.29, 0.717) is 11.6 Å². The largest absolute Gasteiger partial charge is 0.339 e. The van der Waals surface area contributed by atoms with Crippen LogP contribution in [0.1, 0.15) is 30.4 Å². The van der Waals surface area contributed by atoms with Gasteiger partial charge < -0.3 is 4.90 Å². The van der Waals surface area contributed by atoms with Crippen molar-refractivity contribution in [2.45, 2.75) is 38.3 Å². The summed E-state index contributed by atoms with van der Waals surface area (Å²) in [5.41, 5.74) is 4.75. The molecule has 1 aliphatic carbocycles. The Hall–Kier alpha value is -1.95. The molecule has 1 amide bonds. The molecule has 2 aromatic rings. The van der Waals surface area contributed by atoms with Crippen LogP contribution in [-0.4, -0.2) is 70.9 Å². The van der Waals surface area contributed by atoms with Crippen molar-refractivity contribution in [3.63, 3.8) is 0 Å². The van der Waals surface area contributed by atoms with Gasteiger partial charge in [-0.3, -0.25) is 19.6 Å². The molecule has 0 unspecified atom stereocenters. The molecule has 3 aliphatic rings. The molecule has 6 heteroatoms. The van der Waals surface area contributed by atoms with Gasteiger partial charge in [0.15, 0.2) is 0 Å². The van der Waals surface area contributed by atoms with Crippen molar-refractivity contribution in [1.29, 1.82) is 0 Å². The Morgan fingerprint density at radius 2 is 1.87 bits per heavy atom. The Bertz CT molecular complexity index is 904. The van der Waals surface area contributed by atoms with Crippen molar-refractivity contribution in [3.05, 3.63) is 52.7 Å². The molecule has 1 aromatic heterocycles. The number of piperazine rings is 1. The van der Waals surface area contributed by atoms with Crippen molar-refractivity contribution in [2.24, 2.45) is 0 Å². The lowest BCUT2D eigenvalue weighted by Crippen LogP contribution is -2.55. The van der Waals surface area contributed by atoms with Gasteiger partial charge in [-0.2, -0.15) is 0 Å². The fraction of sp³-hybridized carbons (Fsp3) is 0.500. The molecule has 5 rings (SSSR count). The number of pyridine rings is 1. The van der Waals surface area contributed by atoms with E-state index in [0.717, 1.165) is 63.0 Å². The number of hydrogen-bond acceptors (Lipinski definition) is 4. The number of carbonyl (C=O) groups excluding carboxylic acids is 1. The van der Waals surface area contributed by atoms with Crippen LogP contribution in [0, 0.1) is 0 Å². The second-order valence-electron chi connectivity index (χ2n) is 8.81. The van der Waals surface area contributed by atoms with Gasteiger partial charge in [0.1, 0.15) is 0 Å². The number of benzene rings is 1. The zero-order valence-electron chi connectivity index (χ0n) is 17.4. The summed E-state index contributed by atoms with van der Waals surface area (Å²) in [5.74, 6) is 0.286. The molecule has 1 saturated heterocycles. The lowest BCUT2D eigenvalue weighted by molar-refractivity contribution is -0.135. The number of fused-ring (bicyclic) bond motifs is 1.